The van der Waals surface area contributed by atoms with E-state index in [2.05, 4.69) is 5.32 Å². The van der Waals surface area contributed by atoms with Gasteiger partial charge in [-0.3, -0.25) is 9.59 Å². The Kier molecular flexibility index (Phi) is 3.64. The van der Waals surface area contributed by atoms with Gasteiger partial charge in [-0.25, -0.2) is 0 Å². The molecule has 3 fully saturated rings. The van der Waals surface area contributed by atoms with Gasteiger partial charge in [-0.2, -0.15) is 0 Å². The molecule has 1 aromatic carbocycles. The van der Waals surface area contributed by atoms with Crippen molar-refractivity contribution in [3.8, 4) is 0 Å². The molecule has 1 unspecified atom stereocenters. The molecular formula is C21H27BN2O4. The molecule has 1 spiro atoms. The lowest BCUT2D eigenvalue weighted by Gasteiger charge is -2.32. The summed E-state index contributed by atoms with van der Waals surface area (Å²) in [4.78, 5) is 27.4. The number of rotatable bonds is 2. The first-order valence-electron chi connectivity index (χ1n) is 10.2. The number of carbonyl (C=O) groups excluding carboxylic acids is 2. The Balaban J connectivity index is 1.46. The summed E-state index contributed by atoms with van der Waals surface area (Å²) in [7, 11) is -0.464. The van der Waals surface area contributed by atoms with Crippen molar-refractivity contribution >= 4 is 30.1 Å². The molecule has 1 atom stereocenters. The van der Waals surface area contributed by atoms with Crippen molar-refractivity contribution in [3.05, 3.63) is 23.8 Å². The van der Waals surface area contributed by atoms with Crippen molar-refractivity contribution < 1.29 is 18.9 Å². The van der Waals surface area contributed by atoms with E-state index in [0.29, 0.717) is 19.5 Å². The molecule has 3 aliphatic heterocycles. The summed E-state index contributed by atoms with van der Waals surface area (Å²) in [6.45, 7) is 9.24. The third-order valence-electron chi connectivity index (χ3n) is 7.27. The molecule has 0 radical (unpaired) electrons. The number of hydrogen-bond acceptors (Lipinski definition) is 4. The number of likely N-dealkylation sites (tertiary alicyclic amines) is 1. The summed E-state index contributed by atoms with van der Waals surface area (Å²) in [5.74, 6) is 0.384. The zero-order chi connectivity index (χ0) is 19.9. The second-order valence-corrected chi connectivity index (χ2v) is 9.71. The number of nitrogens with zero attached hydrogens (tertiary/aromatic N) is 1. The molecule has 7 heteroatoms. The number of nitrogens with one attached hydrogen (secondary N) is 1. The van der Waals surface area contributed by atoms with Crippen LogP contribution in [0, 0.1) is 5.92 Å². The van der Waals surface area contributed by atoms with Crippen molar-refractivity contribution in [1.82, 2.24) is 4.90 Å². The summed E-state index contributed by atoms with van der Waals surface area (Å²) < 4.78 is 12.4. The number of fused-ring (bicyclic) bond motifs is 2. The highest BCUT2D eigenvalue weighted by Gasteiger charge is 2.55. The van der Waals surface area contributed by atoms with Gasteiger partial charge in [0.1, 0.15) is 0 Å². The molecule has 28 heavy (non-hydrogen) atoms. The molecule has 2 saturated heterocycles. The SMILES string of the molecule is CC1(C)OB(c2ccc3c(c2)C2(CCN(C(=O)C4CC4)C2)C(=O)N3)OC1(C)C. The maximum atomic E-state index is 12.9. The van der Waals surface area contributed by atoms with Gasteiger partial charge in [-0.05, 0) is 64.1 Å². The topological polar surface area (TPSA) is 67.9 Å². The van der Waals surface area contributed by atoms with Gasteiger partial charge in [0, 0.05) is 24.7 Å². The van der Waals surface area contributed by atoms with Gasteiger partial charge in [-0.15, -0.1) is 0 Å². The standard InChI is InChI=1S/C21H27BN2O4/c1-19(2)20(3,4)28-22(27-19)14-7-8-16-15(11-14)21(18(26)23-16)9-10-24(12-21)17(25)13-5-6-13/h7-8,11,13H,5-6,9-10,12H2,1-4H3,(H,23,26). The van der Waals surface area contributed by atoms with Crippen molar-refractivity contribution in [2.24, 2.45) is 5.92 Å². The minimum Gasteiger partial charge on any atom is -0.399 e. The predicted octanol–water partition coefficient (Wildman–Crippen LogP) is 1.82. The van der Waals surface area contributed by atoms with E-state index in [1.807, 2.05) is 50.8 Å². The molecule has 4 aliphatic rings. The lowest BCUT2D eigenvalue weighted by Crippen LogP contribution is -2.41. The first-order valence-corrected chi connectivity index (χ1v) is 10.2. The number of benzene rings is 1. The quantitative estimate of drug-likeness (QED) is 0.793. The monoisotopic (exact) mass is 382 g/mol. The largest absolute Gasteiger partial charge is 0.494 e. The molecule has 0 aromatic heterocycles. The third-order valence-corrected chi connectivity index (χ3v) is 7.27. The van der Waals surface area contributed by atoms with Crippen LogP contribution in [0.25, 0.3) is 0 Å². The fourth-order valence-corrected chi connectivity index (χ4v) is 4.55. The van der Waals surface area contributed by atoms with Gasteiger partial charge in [-0.1, -0.05) is 12.1 Å². The minimum atomic E-state index is -0.653. The molecule has 5 rings (SSSR count). The van der Waals surface area contributed by atoms with Crippen LogP contribution >= 0.6 is 0 Å². The zero-order valence-corrected chi connectivity index (χ0v) is 17.0. The Morgan fingerprint density at radius 3 is 2.50 bits per heavy atom. The molecule has 1 aromatic rings. The Labute approximate surface area is 166 Å². The second kappa shape index (κ2) is 5.60. The lowest BCUT2D eigenvalue weighted by molar-refractivity contribution is -0.131. The summed E-state index contributed by atoms with van der Waals surface area (Å²) in [6, 6.07) is 5.94. The van der Waals surface area contributed by atoms with E-state index < -0.39 is 23.7 Å². The minimum absolute atomic E-state index is 0.000310. The van der Waals surface area contributed by atoms with Crippen LogP contribution in [0.4, 0.5) is 5.69 Å². The van der Waals surface area contributed by atoms with Gasteiger partial charge < -0.3 is 19.5 Å². The van der Waals surface area contributed by atoms with Crippen LogP contribution in [0.15, 0.2) is 18.2 Å². The maximum absolute atomic E-state index is 12.9. The molecule has 1 saturated carbocycles. The average Bonchev–Trinajstić information content (AvgIpc) is 3.26. The molecule has 1 N–H and O–H groups in total. The van der Waals surface area contributed by atoms with Gasteiger partial charge >= 0.3 is 7.12 Å². The van der Waals surface area contributed by atoms with Gasteiger partial charge in [0.2, 0.25) is 11.8 Å². The number of amides is 2. The van der Waals surface area contributed by atoms with Crippen molar-refractivity contribution in [3.63, 3.8) is 0 Å². The molecule has 0 bridgehead atoms. The predicted molar refractivity (Wildman–Crippen MR) is 106 cm³/mol. The summed E-state index contributed by atoms with van der Waals surface area (Å²) in [5.41, 5.74) is 1.24. The molecule has 3 heterocycles. The fraction of sp³-hybridized carbons (Fsp3) is 0.619. The highest BCUT2D eigenvalue weighted by Crippen LogP contribution is 2.45. The van der Waals surface area contributed by atoms with E-state index in [4.69, 9.17) is 9.31 Å². The fourth-order valence-electron chi connectivity index (χ4n) is 4.55. The third kappa shape index (κ3) is 2.48. The summed E-state index contributed by atoms with van der Waals surface area (Å²) >= 11 is 0. The molecule has 148 valence electrons. The summed E-state index contributed by atoms with van der Waals surface area (Å²) in [6.07, 6.45) is 2.63. The van der Waals surface area contributed by atoms with Crippen LogP contribution in [-0.4, -0.2) is 48.1 Å². The van der Waals surface area contributed by atoms with E-state index in [9.17, 15) is 9.59 Å². The number of anilines is 1. The van der Waals surface area contributed by atoms with Crippen molar-refractivity contribution in [1.29, 1.82) is 0 Å². The van der Waals surface area contributed by atoms with E-state index in [1.54, 1.807) is 0 Å². The van der Waals surface area contributed by atoms with Crippen molar-refractivity contribution in [2.75, 3.05) is 18.4 Å². The summed E-state index contributed by atoms with van der Waals surface area (Å²) in [5, 5.41) is 3.03. The highest BCUT2D eigenvalue weighted by atomic mass is 16.7. The van der Waals surface area contributed by atoms with Gasteiger partial charge in [0.05, 0.1) is 16.6 Å². The second-order valence-electron chi connectivity index (χ2n) is 9.71. The Hall–Kier alpha value is -1.86. The normalized spacial score (nSPS) is 30.1. The van der Waals surface area contributed by atoms with Crippen LogP contribution in [0.5, 0.6) is 0 Å². The van der Waals surface area contributed by atoms with E-state index in [1.165, 1.54) is 0 Å². The smallest absolute Gasteiger partial charge is 0.399 e. The highest BCUT2D eigenvalue weighted by molar-refractivity contribution is 6.62. The Morgan fingerprint density at radius 2 is 1.86 bits per heavy atom. The average molecular weight is 382 g/mol. The van der Waals surface area contributed by atoms with Crippen LogP contribution in [0.3, 0.4) is 0 Å². The van der Waals surface area contributed by atoms with Gasteiger partial charge in [0.25, 0.3) is 0 Å². The molecular weight excluding hydrogens is 355 g/mol. The molecule has 6 nitrogen and oxygen atoms in total. The van der Waals surface area contributed by atoms with Gasteiger partial charge in [0.15, 0.2) is 0 Å². The van der Waals surface area contributed by atoms with Crippen molar-refractivity contribution in [2.45, 2.75) is 63.6 Å². The van der Waals surface area contributed by atoms with E-state index in [-0.39, 0.29) is 17.7 Å². The van der Waals surface area contributed by atoms with Crippen LogP contribution in [0.1, 0.15) is 52.5 Å². The number of hydrogen-bond donors (Lipinski definition) is 1. The van der Waals surface area contributed by atoms with E-state index in [0.717, 1.165) is 29.6 Å². The Bertz CT molecular complexity index is 863. The zero-order valence-electron chi connectivity index (χ0n) is 17.0. The molecule has 2 amide bonds. The Morgan fingerprint density at radius 1 is 1.18 bits per heavy atom. The van der Waals surface area contributed by atoms with Crippen LogP contribution in [-0.2, 0) is 24.3 Å². The van der Waals surface area contributed by atoms with E-state index >= 15 is 0 Å². The first-order chi connectivity index (χ1) is 13.1. The van der Waals surface area contributed by atoms with Crippen LogP contribution in [0.2, 0.25) is 0 Å². The number of carbonyl (C=O) groups is 2. The molecule has 1 aliphatic carbocycles. The van der Waals surface area contributed by atoms with Crippen LogP contribution < -0.4 is 10.8 Å². The first kappa shape index (κ1) is 18.2. The maximum Gasteiger partial charge on any atom is 0.494 e. The lowest BCUT2D eigenvalue weighted by atomic mass is 9.74.